The van der Waals surface area contributed by atoms with Crippen molar-refractivity contribution in [2.45, 2.75) is 26.8 Å². The predicted octanol–water partition coefficient (Wildman–Crippen LogP) is 4.74. The molecule has 0 aliphatic heterocycles. The zero-order chi connectivity index (χ0) is 14.7. The van der Waals surface area contributed by atoms with Crippen molar-refractivity contribution in [2.24, 2.45) is 0 Å². The summed E-state index contributed by atoms with van der Waals surface area (Å²) in [7, 11) is 0. The molecule has 0 amide bonds. The summed E-state index contributed by atoms with van der Waals surface area (Å²) in [5.41, 5.74) is 1.95. The Kier molecular flexibility index (Phi) is 5.49. The summed E-state index contributed by atoms with van der Waals surface area (Å²) in [5.74, 6) is 0. The maximum absolute atomic E-state index is 6.10. The largest absolute Gasteiger partial charge is 0.331 e. The first-order chi connectivity index (χ1) is 9.56. The molecule has 110 valence electrons. The van der Waals surface area contributed by atoms with Crippen molar-refractivity contribution in [3.05, 3.63) is 26.9 Å². The van der Waals surface area contributed by atoms with Crippen LogP contribution in [0.15, 0.2) is 12.1 Å². The second-order valence-corrected chi connectivity index (χ2v) is 5.95. The summed E-state index contributed by atoms with van der Waals surface area (Å²) in [6.07, 6.45) is 1.06. The molecule has 0 aliphatic carbocycles. The van der Waals surface area contributed by atoms with Crippen molar-refractivity contribution in [3.8, 4) is 0 Å². The summed E-state index contributed by atoms with van der Waals surface area (Å²) in [5, 5.41) is 1.11. The zero-order valence-electron chi connectivity index (χ0n) is 11.7. The number of halogens is 2. The fourth-order valence-corrected chi connectivity index (χ4v) is 2.99. The molecule has 2 rings (SSSR count). The average Bonchev–Trinajstić information content (AvgIpc) is 2.71. The molecule has 3 nitrogen and oxygen atoms in total. The van der Waals surface area contributed by atoms with E-state index in [1.165, 1.54) is 0 Å². The van der Waals surface area contributed by atoms with Crippen molar-refractivity contribution < 1.29 is 0 Å². The van der Waals surface area contributed by atoms with Crippen LogP contribution in [0.4, 0.5) is 0 Å². The number of H-pyrrole nitrogens is 1. The molecule has 2 aromatic rings. The molecule has 6 heteroatoms. The number of benzene rings is 1. The van der Waals surface area contributed by atoms with Gasteiger partial charge in [0.25, 0.3) is 0 Å². The molecule has 0 atom stereocenters. The number of aromatic amines is 1. The third-order valence-electron chi connectivity index (χ3n) is 3.57. The molecule has 1 aromatic carbocycles. The van der Waals surface area contributed by atoms with E-state index in [2.05, 4.69) is 28.3 Å². The highest BCUT2D eigenvalue weighted by Crippen LogP contribution is 2.27. The smallest absolute Gasteiger partial charge is 0.178 e. The van der Waals surface area contributed by atoms with E-state index in [4.69, 9.17) is 35.4 Å². The van der Waals surface area contributed by atoms with Gasteiger partial charge >= 0.3 is 0 Å². The standard InChI is InChI=1S/C14H19Cl2N3S/c1-3-18(4-2)6-5-7-19-13-9-11(16)10(15)8-12(13)17-14(19)20/h8-9H,3-7H2,1-2H3,(H,17,20). The van der Waals surface area contributed by atoms with Crippen LogP contribution in [0.5, 0.6) is 0 Å². The van der Waals surface area contributed by atoms with Gasteiger partial charge in [0.2, 0.25) is 0 Å². The molecule has 0 saturated carbocycles. The van der Waals surface area contributed by atoms with Gasteiger partial charge in [-0.25, -0.2) is 0 Å². The maximum Gasteiger partial charge on any atom is 0.178 e. The quantitative estimate of drug-likeness (QED) is 0.773. The fourth-order valence-electron chi connectivity index (χ4n) is 2.37. The van der Waals surface area contributed by atoms with Gasteiger partial charge in [0, 0.05) is 6.54 Å². The first-order valence-electron chi connectivity index (χ1n) is 6.86. The minimum absolute atomic E-state index is 0.547. The molecule has 0 fully saturated rings. The normalized spacial score (nSPS) is 11.7. The van der Waals surface area contributed by atoms with Crippen LogP contribution in [0.2, 0.25) is 10.0 Å². The van der Waals surface area contributed by atoms with E-state index in [1.54, 1.807) is 0 Å². The van der Waals surface area contributed by atoms with E-state index >= 15 is 0 Å². The molecule has 0 bridgehead atoms. The number of hydrogen-bond donors (Lipinski definition) is 1. The second-order valence-electron chi connectivity index (χ2n) is 4.75. The number of nitrogens with one attached hydrogen (secondary N) is 1. The molecule has 0 unspecified atom stereocenters. The van der Waals surface area contributed by atoms with Crippen molar-refractivity contribution in [2.75, 3.05) is 19.6 Å². The van der Waals surface area contributed by atoms with Gasteiger partial charge in [-0.3, -0.25) is 0 Å². The van der Waals surface area contributed by atoms with Gasteiger partial charge in [-0.1, -0.05) is 37.0 Å². The second kappa shape index (κ2) is 6.94. The molecule has 20 heavy (non-hydrogen) atoms. The Morgan fingerprint density at radius 3 is 2.50 bits per heavy atom. The fraction of sp³-hybridized carbons (Fsp3) is 0.500. The summed E-state index contributed by atoms with van der Waals surface area (Å²) in [4.78, 5) is 5.59. The number of hydrogen-bond acceptors (Lipinski definition) is 2. The number of aromatic nitrogens is 2. The van der Waals surface area contributed by atoms with Crippen LogP contribution in [0.1, 0.15) is 20.3 Å². The van der Waals surface area contributed by atoms with Crippen LogP contribution in [0.3, 0.4) is 0 Å². The third kappa shape index (κ3) is 3.37. The van der Waals surface area contributed by atoms with E-state index in [9.17, 15) is 0 Å². The topological polar surface area (TPSA) is 24.0 Å². The van der Waals surface area contributed by atoms with Crippen molar-refractivity contribution in [1.82, 2.24) is 14.5 Å². The Balaban J connectivity index is 2.19. The van der Waals surface area contributed by atoms with Crippen molar-refractivity contribution in [3.63, 3.8) is 0 Å². The van der Waals surface area contributed by atoms with Gasteiger partial charge in [0.05, 0.1) is 21.1 Å². The van der Waals surface area contributed by atoms with Gasteiger partial charge in [-0.15, -0.1) is 0 Å². The van der Waals surface area contributed by atoms with E-state index in [0.717, 1.165) is 48.4 Å². The molecule has 0 saturated heterocycles. The van der Waals surface area contributed by atoms with Gasteiger partial charge in [-0.2, -0.15) is 0 Å². The van der Waals surface area contributed by atoms with Gasteiger partial charge < -0.3 is 14.5 Å². The summed E-state index contributed by atoms with van der Waals surface area (Å²) in [6, 6.07) is 3.71. The van der Waals surface area contributed by atoms with Crippen LogP contribution in [0, 0.1) is 4.77 Å². The van der Waals surface area contributed by atoms with Crippen molar-refractivity contribution >= 4 is 46.5 Å². The number of nitrogens with zero attached hydrogens (tertiary/aromatic N) is 2. The molecule has 0 spiro atoms. The van der Waals surface area contributed by atoms with Crippen LogP contribution in [0.25, 0.3) is 11.0 Å². The lowest BCUT2D eigenvalue weighted by Gasteiger charge is -2.17. The van der Waals surface area contributed by atoms with Crippen LogP contribution >= 0.6 is 35.4 Å². The Bertz CT molecular complexity index is 644. The van der Waals surface area contributed by atoms with Gasteiger partial charge in [0.1, 0.15) is 0 Å². The van der Waals surface area contributed by atoms with E-state index in [0.29, 0.717) is 10.0 Å². The van der Waals surface area contributed by atoms with E-state index in [1.807, 2.05) is 12.1 Å². The summed E-state index contributed by atoms with van der Waals surface area (Å²) >= 11 is 17.5. The SMILES string of the molecule is CCN(CC)CCCn1c(=S)[nH]c2cc(Cl)c(Cl)cc21. The van der Waals surface area contributed by atoms with Crippen molar-refractivity contribution in [1.29, 1.82) is 0 Å². The Morgan fingerprint density at radius 2 is 1.85 bits per heavy atom. The molecular formula is C14H19Cl2N3S. The highest BCUT2D eigenvalue weighted by atomic mass is 35.5. The average molecular weight is 332 g/mol. The minimum Gasteiger partial charge on any atom is -0.331 e. The van der Waals surface area contributed by atoms with Crippen LogP contribution in [-0.2, 0) is 6.54 Å². The number of rotatable bonds is 6. The lowest BCUT2D eigenvalue weighted by Crippen LogP contribution is -2.24. The highest BCUT2D eigenvalue weighted by Gasteiger charge is 2.08. The van der Waals surface area contributed by atoms with Crippen LogP contribution < -0.4 is 0 Å². The Labute approximate surface area is 134 Å². The maximum atomic E-state index is 6.10. The number of imidazole rings is 1. The molecular weight excluding hydrogens is 313 g/mol. The van der Waals surface area contributed by atoms with Gasteiger partial charge in [0.15, 0.2) is 4.77 Å². The zero-order valence-corrected chi connectivity index (χ0v) is 14.1. The number of fused-ring (bicyclic) bond motifs is 1. The van der Waals surface area contributed by atoms with E-state index < -0.39 is 0 Å². The summed E-state index contributed by atoms with van der Waals surface area (Å²) < 4.78 is 2.81. The monoisotopic (exact) mass is 331 g/mol. The Hall–Kier alpha value is -0.550. The summed E-state index contributed by atoms with van der Waals surface area (Å²) in [6.45, 7) is 8.48. The highest BCUT2D eigenvalue weighted by molar-refractivity contribution is 7.71. The third-order valence-corrected chi connectivity index (χ3v) is 4.61. The van der Waals surface area contributed by atoms with Gasteiger partial charge in [-0.05, 0) is 50.4 Å². The van der Waals surface area contributed by atoms with E-state index in [-0.39, 0.29) is 0 Å². The molecule has 0 aliphatic rings. The lowest BCUT2D eigenvalue weighted by atomic mass is 10.3. The minimum atomic E-state index is 0.547. The molecule has 1 N–H and O–H groups in total. The van der Waals surface area contributed by atoms with Crippen LogP contribution in [-0.4, -0.2) is 34.1 Å². The predicted molar refractivity (Wildman–Crippen MR) is 89.5 cm³/mol. The lowest BCUT2D eigenvalue weighted by molar-refractivity contribution is 0.293. The molecule has 0 radical (unpaired) electrons. The first kappa shape index (κ1) is 15.8. The number of aryl methyl sites for hydroxylation is 1. The first-order valence-corrected chi connectivity index (χ1v) is 8.03. The molecule has 1 heterocycles. The molecule has 1 aromatic heterocycles. The Morgan fingerprint density at radius 1 is 1.20 bits per heavy atom.